The van der Waals surface area contributed by atoms with Crippen molar-refractivity contribution in [2.45, 2.75) is 25.6 Å². The highest BCUT2D eigenvalue weighted by Crippen LogP contribution is 2.31. The van der Waals surface area contributed by atoms with E-state index in [2.05, 4.69) is 47.0 Å². The van der Waals surface area contributed by atoms with Crippen LogP contribution in [0.3, 0.4) is 0 Å². The SMILES string of the molecule is C1=C(NCc2c[nH]cn2)CC2C(=C1)SNCCN2Cc1c[nH]cn1. The number of H-pyrrole nitrogens is 2. The molecule has 1 fully saturated rings. The summed E-state index contributed by atoms with van der Waals surface area (Å²) in [6.07, 6.45) is 12.7. The Morgan fingerprint density at radius 3 is 2.79 bits per heavy atom. The van der Waals surface area contributed by atoms with Crippen molar-refractivity contribution in [3.63, 3.8) is 0 Å². The molecule has 1 saturated heterocycles. The van der Waals surface area contributed by atoms with Crippen LogP contribution in [0, 0.1) is 0 Å². The van der Waals surface area contributed by atoms with Gasteiger partial charge >= 0.3 is 0 Å². The van der Waals surface area contributed by atoms with E-state index in [0.717, 1.165) is 44.0 Å². The van der Waals surface area contributed by atoms with Crippen molar-refractivity contribution in [2.24, 2.45) is 0 Å². The molecule has 2 aliphatic rings. The summed E-state index contributed by atoms with van der Waals surface area (Å²) in [5.41, 5.74) is 3.36. The normalized spacial score (nSPS) is 21.6. The number of fused-ring (bicyclic) bond motifs is 1. The van der Waals surface area contributed by atoms with Gasteiger partial charge in [0.15, 0.2) is 0 Å². The zero-order valence-electron chi connectivity index (χ0n) is 13.3. The monoisotopic (exact) mass is 343 g/mol. The number of hydrogen-bond acceptors (Lipinski definition) is 6. The second kappa shape index (κ2) is 7.25. The topological polar surface area (TPSA) is 84.7 Å². The number of rotatable bonds is 5. The van der Waals surface area contributed by atoms with Crippen LogP contribution in [0.1, 0.15) is 17.8 Å². The Morgan fingerprint density at radius 1 is 1.17 bits per heavy atom. The molecule has 1 aliphatic carbocycles. The van der Waals surface area contributed by atoms with Crippen LogP contribution < -0.4 is 10.0 Å². The number of nitrogens with zero attached hydrogens (tertiary/aromatic N) is 3. The lowest BCUT2D eigenvalue weighted by molar-refractivity contribution is 0.218. The van der Waals surface area contributed by atoms with E-state index < -0.39 is 0 Å². The molecular weight excluding hydrogens is 322 g/mol. The minimum Gasteiger partial charge on any atom is -0.383 e. The third-order valence-electron chi connectivity index (χ3n) is 4.29. The molecule has 0 saturated carbocycles. The lowest BCUT2D eigenvalue weighted by atomic mass is 10.0. The Kier molecular flexibility index (Phi) is 4.68. The zero-order chi connectivity index (χ0) is 16.2. The van der Waals surface area contributed by atoms with Crippen molar-refractivity contribution in [1.29, 1.82) is 0 Å². The van der Waals surface area contributed by atoms with Gasteiger partial charge in [-0.1, -0.05) is 0 Å². The summed E-state index contributed by atoms with van der Waals surface area (Å²) < 4.78 is 3.44. The van der Waals surface area contributed by atoms with Gasteiger partial charge in [-0.3, -0.25) is 9.62 Å². The number of nitrogens with one attached hydrogen (secondary N) is 4. The third-order valence-corrected chi connectivity index (χ3v) is 5.29. The van der Waals surface area contributed by atoms with E-state index in [4.69, 9.17) is 0 Å². The van der Waals surface area contributed by atoms with E-state index >= 15 is 0 Å². The highest BCUT2D eigenvalue weighted by atomic mass is 32.2. The quantitative estimate of drug-likeness (QED) is 0.616. The zero-order valence-corrected chi connectivity index (χ0v) is 14.1. The summed E-state index contributed by atoms with van der Waals surface area (Å²) in [5.74, 6) is 0. The molecule has 24 heavy (non-hydrogen) atoms. The van der Waals surface area contributed by atoms with Crippen molar-refractivity contribution in [2.75, 3.05) is 13.1 Å². The minimum absolute atomic E-state index is 0.383. The van der Waals surface area contributed by atoms with Crippen molar-refractivity contribution in [3.8, 4) is 0 Å². The molecule has 1 aliphatic heterocycles. The number of imidazole rings is 2. The van der Waals surface area contributed by atoms with Gasteiger partial charge in [0, 0.05) is 55.1 Å². The summed E-state index contributed by atoms with van der Waals surface area (Å²) in [7, 11) is 0. The highest BCUT2D eigenvalue weighted by Gasteiger charge is 2.28. The molecule has 2 aromatic heterocycles. The van der Waals surface area contributed by atoms with Crippen LogP contribution in [-0.4, -0.2) is 44.0 Å². The summed E-state index contributed by atoms with van der Waals surface area (Å²) in [4.78, 5) is 18.5. The van der Waals surface area contributed by atoms with Gasteiger partial charge in [0.05, 0.1) is 30.6 Å². The molecule has 0 aromatic carbocycles. The van der Waals surface area contributed by atoms with Gasteiger partial charge in [-0.25, -0.2) is 9.97 Å². The molecular formula is C16H21N7S. The average molecular weight is 343 g/mol. The molecule has 7 nitrogen and oxygen atoms in total. The molecule has 0 bridgehead atoms. The molecule has 1 unspecified atom stereocenters. The second-order valence-electron chi connectivity index (χ2n) is 5.92. The molecule has 4 rings (SSSR count). The predicted octanol–water partition coefficient (Wildman–Crippen LogP) is 1.52. The Morgan fingerprint density at radius 2 is 2.00 bits per heavy atom. The van der Waals surface area contributed by atoms with Gasteiger partial charge in [0.1, 0.15) is 0 Å². The Balaban J connectivity index is 1.45. The van der Waals surface area contributed by atoms with Crippen LogP contribution in [0.4, 0.5) is 0 Å². The van der Waals surface area contributed by atoms with Crippen LogP contribution in [0.5, 0.6) is 0 Å². The largest absolute Gasteiger partial charge is 0.383 e. The Bertz CT molecular complexity index is 705. The van der Waals surface area contributed by atoms with E-state index in [1.807, 2.05) is 12.4 Å². The molecule has 8 heteroatoms. The van der Waals surface area contributed by atoms with Gasteiger partial charge < -0.3 is 15.3 Å². The van der Waals surface area contributed by atoms with Crippen molar-refractivity contribution < 1.29 is 0 Å². The fourth-order valence-corrected chi connectivity index (χ4v) is 3.92. The lowest BCUT2D eigenvalue weighted by Crippen LogP contribution is -2.39. The third kappa shape index (κ3) is 3.55. The van der Waals surface area contributed by atoms with Gasteiger partial charge in [0.25, 0.3) is 0 Å². The molecule has 2 aromatic rings. The molecule has 126 valence electrons. The number of aromatic nitrogens is 4. The highest BCUT2D eigenvalue weighted by molar-refractivity contribution is 8.01. The lowest BCUT2D eigenvalue weighted by Gasteiger charge is -2.32. The van der Waals surface area contributed by atoms with Gasteiger partial charge in [0.2, 0.25) is 0 Å². The summed E-state index contributed by atoms with van der Waals surface area (Å²) in [6, 6.07) is 0.383. The smallest absolute Gasteiger partial charge is 0.0923 e. The van der Waals surface area contributed by atoms with Crippen molar-refractivity contribution >= 4 is 11.9 Å². The average Bonchev–Trinajstić information content (AvgIpc) is 3.26. The maximum Gasteiger partial charge on any atom is 0.0923 e. The van der Waals surface area contributed by atoms with Crippen LogP contribution in [0.15, 0.2) is 47.8 Å². The number of aromatic amines is 2. The van der Waals surface area contributed by atoms with Crippen LogP contribution >= 0.6 is 11.9 Å². The van der Waals surface area contributed by atoms with E-state index in [9.17, 15) is 0 Å². The first-order valence-corrected chi connectivity index (χ1v) is 8.94. The maximum absolute atomic E-state index is 4.38. The number of allylic oxidation sites excluding steroid dienone is 2. The second-order valence-corrected chi connectivity index (χ2v) is 6.89. The molecule has 1 atom stereocenters. The van der Waals surface area contributed by atoms with Crippen LogP contribution in [0.25, 0.3) is 0 Å². The number of hydrogen-bond donors (Lipinski definition) is 4. The summed E-state index contributed by atoms with van der Waals surface area (Å²) in [5, 5.41) is 3.51. The molecule has 0 amide bonds. The maximum atomic E-state index is 4.38. The van der Waals surface area contributed by atoms with Gasteiger partial charge in [-0.15, -0.1) is 0 Å². The minimum atomic E-state index is 0.383. The van der Waals surface area contributed by atoms with E-state index in [-0.39, 0.29) is 0 Å². The molecule has 3 heterocycles. The van der Waals surface area contributed by atoms with Crippen molar-refractivity contribution in [3.05, 3.63) is 59.2 Å². The van der Waals surface area contributed by atoms with E-state index in [1.54, 1.807) is 24.6 Å². The molecule has 0 radical (unpaired) electrons. The first kappa shape index (κ1) is 15.5. The Labute approximate surface area is 145 Å². The standard InChI is InChI=1S/C16H21N7S/c1-2-16-15(5-12(1)19-8-13-6-17-10-20-13)23(4-3-22-24-16)9-14-7-18-11-21-14/h1-2,6-7,10-11,15,19,22H,3-5,8-9H2,(H,17,20)(H,18,21). The fourth-order valence-electron chi connectivity index (χ4n) is 3.06. The summed E-state index contributed by atoms with van der Waals surface area (Å²) >= 11 is 1.75. The van der Waals surface area contributed by atoms with Gasteiger partial charge in [-0.2, -0.15) is 0 Å². The first-order chi connectivity index (χ1) is 11.9. The van der Waals surface area contributed by atoms with Crippen LogP contribution in [-0.2, 0) is 13.1 Å². The fraction of sp³-hybridized carbons (Fsp3) is 0.375. The predicted molar refractivity (Wildman–Crippen MR) is 94.6 cm³/mol. The molecule has 4 N–H and O–H groups in total. The van der Waals surface area contributed by atoms with Gasteiger partial charge in [-0.05, 0) is 24.1 Å². The first-order valence-electron chi connectivity index (χ1n) is 8.12. The van der Waals surface area contributed by atoms with E-state index in [0.29, 0.717) is 6.04 Å². The van der Waals surface area contributed by atoms with E-state index in [1.165, 1.54) is 10.6 Å². The summed E-state index contributed by atoms with van der Waals surface area (Å²) in [6.45, 7) is 3.59. The Hall–Kier alpha value is -2.03. The van der Waals surface area contributed by atoms with Crippen molar-refractivity contribution in [1.82, 2.24) is 34.9 Å². The molecule has 0 spiro atoms. The van der Waals surface area contributed by atoms with Crippen LogP contribution in [0.2, 0.25) is 0 Å².